The molecule has 0 radical (unpaired) electrons. The molecule has 1 aliphatic heterocycles. The Hall–Kier alpha value is -2.44. The summed E-state index contributed by atoms with van der Waals surface area (Å²) in [6.07, 6.45) is 2.89. The summed E-state index contributed by atoms with van der Waals surface area (Å²) in [6.45, 7) is 4.52. The number of anilines is 1. The second kappa shape index (κ2) is 7.71. The van der Waals surface area contributed by atoms with Crippen molar-refractivity contribution in [3.63, 3.8) is 0 Å². The van der Waals surface area contributed by atoms with Gasteiger partial charge in [-0.05, 0) is 38.3 Å². The minimum absolute atomic E-state index is 0.215. The van der Waals surface area contributed by atoms with Gasteiger partial charge in [-0.15, -0.1) is 0 Å². The second-order valence-electron chi connectivity index (χ2n) is 5.47. The molecule has 2 rings (SSSR count). The molecule has 1 unspecified atom stereocenters. The van der Waals surface area contributed by atoms with Crippen LogP contribution in [0.25, 0.3) is 0 Å². The molecular weight excluding hydrogens is 298 g/mol. The lowest BCUT2D eigenvalue weighted by Gasteiger charge is -2.30. The molecule has 0 saturated carbocycles. The van der Waals surface area contributed by atoms with Gasteiger partial charge in [0, 0.05) is 19.3 Å². The van der Waals surface area contributed by atoms with Crippen LogP contribution >= 0.6 is 0 Å². The van der Waals surface area contributed by atoms with E-state index in [1.54, 1.807) is 32.2 Å². The Kier molecular flexibility index (Phi) is 5.67. The molecule has 0 spiro atoms. The molecule has 2 heterocycles. The van der Waals surface area contributed by atoms with Crippen molar-refractivity contribution in [2.45, 2.75) is 26.7 Å². The Morgan fingerprint density at radius 3 is 2.91 bits per heavy atom. The van der Waals surface area contributed by atoms with Crippen LogP contribution in [0.5, 0.6) is 0 Å². The van der Waals surface area contributed by atoms with E-state index in [-0.39, 0.29) is 18.4 Å². The van der Waals surface area contributed by atoms with Crippen LogP contribution in [0.2, 0.25) is 0 Å². The van der Waals surface area contributed by atoms with Gasteiger partial charge >= 0.3 is 17.8 Å². The normalized spacial score (nSPS) is 17.5. The van der Waals surface area contributed by atoms with Crippen molar-refractivity contribution in [3.05, 3.63) is 23.9 Å². The van der Waals surface area contributed by atoms with Crippen molar-refractivity contribution in [1.82, 2.24) is 9.88 Å². The third-order valence-electron chi connectivity index (χ3n) is 3.76. The number of amides is 2. The SMILES string of the molecule is CCOC(=O)C1CCCN(C(=O)C(=O)Nc2ncccc2C)C1. The number of nitrogens with one attached hydrogen (secondary N) is 1. The number of rotatable bonds is 3. The fraction of sp³-hybridized carbons (Fsp3) is 0.500. The summed E-state index contributed by atoms with van der Waals surface area (Å²) in [6, 6.07) is 3.55. The molecular formula is C16H21N3O4. The molecule has 0 aliphatic carbocycles. The molecule has 1 fully saturated rings. The van der Waals surface area contributed by atoms with Gasteiger partial charge in [0.1, 0.15) is 5.82 Å². The molecule has 7 nitrogen and oxygen atoms in total. The van der Waals surface area contributed by atoms with E-state index in [4.69, 9.17) is 4.74 Å². The molecule has 1 atom stereocenters. The van der Waals surface area contributed by atoms with Crippen molar-refractivity contribution in [2.75, 3.05) is 25.0 Å². The topological polar surface area (TPSA) is 88.6 Å². The summed E-state index contributed by atoms with van der Waals surface area (Å²) in [5, 5.41) is 2.52. The lowest BCUT2D eigenvalue weighted by atomic mass is 9.98. The van der Waals surface area contributed by atoms with E-state index in [1.165, 1.54) is 4.90 Å². The molecule has 0 aromatic carbocycles. The number of carbonyl (C=O) groups excluding carboxylic acids is 3. The van der Waals surface area contributed by atoms with Gasteiger partial charge in [0.05, 0.1) is 12.5 Å². The first-order chi connectivity index (χ1) is 11.0. The quantitative estimate of drug-likeness (QED) is 0.666. The predicted octanol–water partition coefficient (Wildman–Crippen LogP) is 1.13. The lowest BCUT2D eigenvalue weighted by Crippen LogP contribution is -2.47. The zero-order valence-electron chi connectivity index (χ0n) is 13.4. The summed E-state index contributed by atoms with van der Waals surface area (Å²) >= 11 is 0. The third kappa shape index (κ3) is 4.28. The van der Waals surface area contributed by atoms with Gasteiger partial charge in [-0.2, -0.15) is 0 Å². The first-order valence-corrected chi connectivity index (χ1v) is 7.71. The zero-order chi connectivity index (χ0) is 16.8. The highest BCUT2D eigenvalue weighted by Crippen LogP contribution is 2.18. The number of hydrogen-bond donors (Lipinski definition) is 1. The standard InChI is InChI=1S/C16H21N3O4/c1-3-23-16(22)12-7-5-9-19(10-12)15(21)14(20)18-13-11(2)6-4-8-17-13/h4,6,8,12H,3,5,7,9-10H2,1-2H3,(H,17,18,20). The third-order valence-corrected chi connectivity index (χ3v) is 3.76. The molecule has 1 aromatic rings. The van der Waals surface area contributed by atoms with Crippen molar-refractivity contribution in [1.29, 1.82) is 0 Å². The first-order valence-electron chi connectivity index (χ1n) is 7.71. The number of pyridine rings is 1. The Morgan fingerprint density at radius 2 is 2.22 bits per heavy atom. The number of aromatic nitrogens is 1. The molecule has 1 aliphatic rings. The van der Waals surface area contributed by atoms with Gasteiger partial charge in [-0.1, -0.05) is 6.07 Å². The maximum atomic E-state index is 12.3. The molecule has 7 heteroatoms. The van der Waals surface area contributed by atoms with E-state index in [9.17, 15) is 14.4 Å². The van der Waals surface area contributed by atoms with Crippen LogP contribution in [0, 0.1) is 12.8 Å². The van der Waals surface area contributed by atoms with Crippen molar-refractivity contribution < 1.29 is 19.1 Å². The summed E-state index contributed by atoms with van der Waals surface area (Å²) in [5.41, 5.74) is 0.775. The lowest BCUT2D eigenvalue weighted by molar-refractivity contribution is -0.153. The number of hydrogen-bond acceptors (Lipinski definition) is 5. The minimum Gasteiger partial charge on any atom is -0.466 e. The molecule has 1 saturated heterocycles. The Balaban J connectivity index is 1.97. The van der Waals surface area contributed by atoms with Crippen LogP contribution in [0.3, 0.4) is 0 Å². The highest BCUT2D eigenvalue weighted by atomic mass is 16.5. The van der Waals surface area contributed by atoms with E-state index in [2.05, 4.69) is 10.3 Å². The minimum atomic E-state index is -0.740. The maximum absolute atomic E-state index is 12.3. The average Bonchev–Trinajstić information content (AvgIpc) is 2.56. The van der Waals surface area contributed by atoms with E-state index in [0.29, 0.717) is 31.8 Å². The maximum Gasteiger partial charge on any atom is 0.315 e. The van der Waals surface area contributed by atoms with Crippen LogP contribution in [0.15, 0.2) is 18.3 Å². The number of likely N-dealkylation sites (tertiary alicyclic amines) is 1. The predicted molar refractivity (Wildman–Crippen MR) is 83.5 cm³/mol. The Morgan fingerprint density at radius 1 is 1.43 bits per heavy atom. The summed E-state index contributed by atoms with van der Waals surface area (Å²) in [5.74, 6) is -1.70. The molecule has 124 valence electrons. The van der Waals surface area contributed by atoms with Crippen LogP contribution in [0.1, 0.15) is 25.3 Å². The fourth-order valence-electron chi connectivity index (χ4n) is 2.54. The van der Waals surface area contributed by atoms with E-state index >= 15 is 0 Å². The largest absolute Gasteiger partial charge is 0.466 e. The van der Waals surface area contributed by atoms with E-state index in [0.717, 1.165) is 5.56 Å². The van der Waals surface area contributed by atoms with Crippen LogP contribution in [-0.2, 0) is 19.1 Å². The summed E-state index contributed by atoms with van der Waals surface area (Å²) in [7, 11) is 0. The van der Waals surface area contributed by atoms with Gasteiger partial charge in [-0.3, -0.25) is 14.4 Å². The van der Waals surface area contributed by atoms with Gasteiger partial charge < -0.3 is 15.0 Å². The number of ether oxygens (including phenoxy) is 1. The summed E-state index contributed by atoms with van der Waals surface area (Å²) < 4.78 is 4.99. The van der Waals surface area contributed by atoms with E-state index in [1.807, 2.05) is 0 Å². The van der Waals surface area contributed by atoms with Gasteiger partial charge in [0.25, 0.3) is 0 Å². The van der Waals surface area contributed by atoms with Crippen LogP contribution in [0.4, 0.5) is 5.82 Å². The molecule has 1 N–H and O–H groups in total. The number of nitrogens with zero attached hydrogens (tertiary/aromatic N) is 2. The fourth-order valence-corrected chi connectivity index (χ4v) is 2.54. The number of aryl methyl sites for hydroxylation is 1. The van der Waals surface area contributed by atoms with Gasteiger partial charge in [-0.25, -0.2) is 4.98 Å². The molecule has 23 heavy (non-hydrogen) atoms. The van der Waals surface area contributed by atoms with Crippen molar-refractivity contribution >= 4 is 23.6 Å². The molecule has 1 aromatic heterocycles. The second-order valence-corrected chi connectivity index (χ2v) is 5.47. The Labute approximate surface area is 135 Å². The molecule has 0 bridgehead atoms. The van der Waals surface area contributed by atoms with Crippen LogP contribution in [-0.4, -0.2) is 47.4 Å². The highest BCUT2D eigenvalue weighted by molar-refractivity contribution is 6.39. The molecule has 2 amide bonds. The van der Waals surface area contributed by atoms with Gasteiger partial charge in [0.2, 0.25) is 0 Å². The zero-order valence-corrected chi connectivity index (χ0v) is 13.4. The number of piperidine rings is 1. The van der Waals surface area contributed by atoms with Crippen molar-refractivity contribution in [2.24, 2.45) is 5.92 Å². The van der Waals surface area contributed by atoms with Crippen LogP contribution < -0.4 is 5.32 Å². The first kappa shape index (κ1) is 16.9. The smallest absolute Gasteiger partial charge is 0.315 e. The summed E-state index contributed by atoms with van der Waals surface area (Å²) in [4.78, 5) is 41.6. The average molecular weight is 319 g/mol. The van der Waals surface area contributed by atoms with Crippen molar-refractivity contribution in [3.8, 4) is 0 Å². The highest BCUT2D eigenvalue weighted by Gasteiger charge is 2.32. The van der Waals surface area contributed by atoms with E-state index < -0.39 is 11.8 Å². The number of carbonyl (C=O) groups is 3. The number of esters is 1. The van der Waals surface area contributed by atoms with Gasteiger partial charge in [0.15, 0.2) is 0 Å². The monoisotopic (exact) mass is 319 g/mol. The Bertz CT molecular complexity index is 603.